The number of nitrogens with zero attached hydrogens (tertiary/aromatic N) is 3. The second kappa shape index (κ2) is 4.79. The third kappa shape index (κ3) is 2.78. The molecule has 0 amide bonds. The zero-order valence-corrected chi connectivity index (χ0v) is 10.4. The maximum absolute atomic E-state index is 12.8. The molecule has 2 aromatic rings. The number of aromatic nitrogens is 2. The third-order valence-corrected chi connectivity index (χ3v) is 3.40. The van der Waals surface area contributed by atoms with E-state index in [-0.39, 0.29) is 17.1 Å². The van der Waals surface area contributed by atoms with Gasteiger partial charge in [0.2, 0.25) is 0 Å². The molecular formula is C11H9FN4O2S. The minimum Gasteiger partial charge on any atom is -0.247 e. The van der Waals surface area contributed by atoms with E-state index in [1.807, 2.05) is 0 Å². The maximum Gasteiger partial charge on any atom is 0.256 e. The average Bonchev–Trinajstić information content (AvgIpc) is 2.75. The summed E-state index contributed by atoms with van der Waals surface area (Å²) in [6.45, 7) is 0.0771. The first-order valence-corrected chi connectivity index (χ1v) is 6.69. The molecule has 0 saturated carbocycles. The Labute approximate surface area is 108 Å². The molecule has 0 bridgehead atoms. The second-order valence-electron chi connectivity index (χ2n) is 3.80. The zero-order valence-electron chi connectivity index (χ0n) is 9.62. The third-order valence-electron chi connectivity index (χ3n) is 2.43. The van der Waals surface area contributed by atoms with Crippen molar-refractivity contribution in [2.45, 2.75) is 11.6 Å². The van der Waals surface area contributed by atoms with E-state index >= 15 is 0 Å². The maximum atomic E-state index is 12.8. The Morgan fingerprint density at radius 2 is 2.00 bits per heavy atom. The lowest BCUT2D eigenvalue weighted by atomic mass is 10.2. The molecular weight excluding hydrogens is 271 g/mol. The summed E-state index contributed by atoms with van der Waals surface area (Å²) < 4.78 is 36.8. The van der Waals surface area contributed by atoms with Crippen LogP contribution in [-0.2, 0) is 16.6 Å². The highest BCUT2D eigenvalue weighted by molar-refractivity contribution is 7.89. The zero-order chi connectivity index (χ0) is 14.0. The largest absolute Gasteiger partial charge is 0.256 e. The Morgan fingerprint density at radius 3 is 2.53 bits per heavy atom. The van der Waals surface area contributed by atoms with Crippen molar-refractivity contribution < 1.29 is 12.8 Å². The average molecular weight is 280 g/mol. The van der Waals surface area contributed by atoms with Crippen molar-refractivity contribution in [1.82, 2.24) is 9.78 Å². The summed E-state index contributed by atoms with van der Waals surface area (Å²) in [5, 5.41) is 17.3. The highest BCUT2D eigenvalue weighted by atomic mass is 32.2. The molecule has 1 heterocycles. The molecule has 8 heteroatoms. The van der Waals surface area contributed by atoms with E-state index in [4.69, 9.17) is 10.4 Å². The molecule has 0 aliphatic carbocycles. The van der Waals surface area contributed by atoms with Crippen LogP contribution in [0.5, 0.6) is 0 Å². The summed E-state index contributed by atoms with van der Waals surface area (Å²) in [7, 11) is -4.06. The summed E-state index contributed by atoms with van der Waals surface area (Å²) in [6, 6.07) is 7.21. The van der Waals surface area contributed by atoms with Crippen LogP contribution in [0.25, 0.3) is 0 Å². The molecule has 6 nitrogen and oxygen atoms in total. The van der Waals surface area contributed by atoms with Gasteiger partial charge >= 0.3 is 0 Å². The van der Waals surface area contributed by atoms with E-state index in [1.54, 1.807) is 6.07 Å². The van der Waals surface area contributed by atoms with Crippen LogP contribution in [0.3, 0.4) is 0 Å². The molecule has 19 heavy (non-hydrogen) atoms. The Bertz CT molecular complexity index is 744. The van der Waals surface area contributed by atoms with Gasteiger partial charge in [-0.25, -0.2) is 22.6 Å². The lowest BCUT2D eigenvalue weighted by molar-refractivity contribution is 0.563. The van der Waals surface area contributed by atoms with Crippen molar-refractivity contribution in [3.05, 3.63) is 47.4 Å². The first-order valence-electron chi connectivity index (χ1n) is 5.15. The molecule has 0 radical (unpaired) electrons. The van der Waals surface area contributed by atoms with Gasteiger partial charge in [0.05, 0.1) is 12.7 Å². The lowest BCUT2D eigenvalue weighted by Crippen LogP contribution is -2.19. The van der Waals surface area contributed by atoms with Crippen molar-refractivity contribution in [1.29, 1.82) is 5.26 Å². The van der Waals surface area contributed by atoms with Gasteiger partial charge in [-0.15, -0.1) is 0 Å². The van der Waals surface area contributed by atoms with Crippen LogP contribution in [0.15, 0.2) is 35.5 Å². The van der Waals surface area contributed by atoms with Crippen LogP contribution in [0, 0.1) is 17.1 Å². The highest BCUT2D eigenvalue weighted by Crippen LogP contribution is 2.15. The highest BCUT2D eigenvalue weighted by Gasteiger charge is 2.21. The Balaban J connectivity index is 2.45. The smallest absolute Gasteiger partial charge is 0.247 e. The van der Waals surface area contributed by atoms with Gasteiger partial charge in [-0.3, -0.25) is 0 Å². The molecule has 2 rings (SSSR count). The number of benzene rings is 1. The number of halogens is 1. The predicted molar refractivity (Wildman–Crippen MR) is 63.8 cm³/mol. The van der Waals surface area contributed by atoms with E-state index in [9.17, 15) is 12.8 Å². The molecule has 0 atom stereocenters. The molecule has 0 aliphatic heterocycles. The molecule has 0 aliphatic rings. The van der Waals surface area contributed by atoms with Gasteiger partial charge in [0.1, 0.15) is 17.4 Å². The van der Waals surface area contributed by atoms with Crippen molar-refractivity contribution in [3.63, 3.8) is 0 Å². The minimum atomic E-state index is -4.06. The fraction of sp³-hybridized carbons (Fsp3) is 0.0909. The fourth-order valence-electron chi connectivity index (χ4n) is 1.63. The number of nitrogens with two attached hydrogens (primary N) is 1. The van der Waals surface area contributed by atoms with E-state index in [0.29, 0.717) is 5.56 Å². The van der Waals surface area contributed by atoms with E-state index in [1.165, 1.54) is 24.3 Å². The summed E-state index contributed by atoms with van der Waals surface area (Å²) in [5.41, 5.74) is 0.517. The monoisotopic (exact) mass is 280 g/mol. The van der Waals surface area contributed by atoms with Gasteiger partial charge in [-0.05, 0) is 17.7 Å². The second-order valence-corrected chi connectivity index (χ2v) is 5.28. The fourth-order valence-corrected chi connectivity index (χ4v) is 2.44. The van der Waals surface area contributed by atoms with Crippen LogP contribution in [0.2, 0.25) is 0 Å². The van der Waals surface area contributed by atoms with E-state index < -0.39 is 15.8 Å². The number of nitriles is 1. The number of hydrogen-bond acceptors (Lipinski definition) is 4. The molecule has 2 N–H and O–H groups in total. The van der Waals surface area contributed by atoms with Gasteiger partial charge < -0.3 is 0 Å². The van der Waals surface area contributed by atoms with Crippen LogP contribution in [-0.4, -0.2) is 18.2 Å². The van der Waals surface area contributed by atoms with Gasteiger partial charge in [-0.2, -0.15) is 10.4 Å². The van der Waals surface area contributed by atoms with Gasteiger partial charge in [0.25, 0.3) is 10.0 Å². The number of rotatable bonds is 3. The standard InChI is InChI=1S/C11H9FN4O2S/c12-10-3-1-8(2-4-10)7-16-11(19(14,17)18)9(5-13)6-15-16/h1-4,6H,7H2,(H2,14,17,18). The number of sulfonamides is 1. The lowest BCUT2D eigenvalue weighted by Gasteiger charge is -2.06. The van der Waals surface area contributed by atoms with Crippen molar-refractivity contribution in [2.24, 2.45) is 5.14 Å². The molecule has 0 saturated heterocycles. The van der Waals surface area contributed by atoms with E-state index in [2.05, 4.69) is 5.10 Å². The molecule has 0 spiro atoms. The normalized spacial score (nSPS) is 11.2. The minimum absolute atomic E-state index is 0.0771. The summed E-state index contributed by atoms with van der Waals surface area (Å²) in [6.07, 6.45) is 1.13. The predicted octanol–water partition coefficient (Wildman–Crippen LogP) is 0.590. The molecule has 0 unspecified atom stereocenters. The van der Waals surface area contributed by atoms with Crippen LogP contribution < -0.4 is 5.14 Å². The first-order chi connectivity index (χ1) is 8.91. The number of primary sulfonamides is 1. The molecule has 98 valence electrons. The number of hydrogen-bond donors (Lipinski definition) is 1. The van der Waals surface area contributed by atoms with Crippen molar-refractivity contribution in [2.75, 3.05) is 0 Å². The molecule has 1 aromatic heterocycles. The summed E-state index contributed by atoms with van der Waals surface area (Å²) >= 11 is 0. The van der Waals surface area contributed by atoms with Crippen molar-refractivity contribution in [3.8, 4) is 6.07 Å². The molecule has 0 fully saturated rings. The Kier molecular flexibility index (Phi) is 3.33. The van der Waals surface area contributed by atoms with Crippen LogP contribution in [0.1, 0.15) is 11.1 Å². The topological polar surface area (TPSA) is 102 Å². The SMILES string of the molecule is N#Cc1cnn(Cc2ccc(F)cc2)c1S(N)(=O)=O. The van der Waals surface area contributed by atoms with Crippen LogP contribution in [0.4, 0.5) is 4.39 Å². The molecule has 1 aromatic carbocycles. The van der Waals surface area contributed by atoms with E-state index in [0.717, 1.165) is 10.9 Å². The van der Waals surface area contributed by atoms with Gasteiger partial charge in [0.15, 0.2) is 5.03 Å². The Morgan fingerprint density at radius 1 is 1.37 bits per heavy atom. The first kappa shape index (κ1) is 13.2. The van der Waals surface area contributed by atoms with Crippen molar-refractivity contribution >= 4 is 10.0 Å². The van der Waals surface area contributed by atoms with Gasteiger partial charge in [-0.1, -0.05) is 12.1 Å². The summed E-state index contributed by atoms with van der Waals surface area (Å²) in [5.74, 6) is -0.395. The Hall–Kier alpha value is -2.24. The summed E-state index contributed by atoms with van der Waals surface area (Å²) in [4.78, 5) is 0. The quantitative estimate of drug-likeness (QED) is 0.888. The van der Waals surface area contributed by atoms with Gasteiger partial charge in [0, 0.05) is 0 Å². The van der Waals surface area contributed by atoms with Crippen LogP contribution >= 0.6 is 0 Å².